The number of nitrogens with one attached hydrogen (secondary N) is 1. The molecule has 1 aliphatic rings. The maximum Gasteiger partial charge on any atom is 0.0543 e. The Morgan fingerprint density at radius 3 is 2.94 bits per heavy atom. The molecule has 0 radical (unpaired) electrons. The van der Waals surface area contributed by atoms with Gasteiger partial charge in [-0.25, -0.2) is 0 Å². The second-order valence-electron chi connectivity index (χ2n) is 4.42. The van der Waals surface area contributed by atoms with Crippen LogP contribution in [0.2, 0.25) is 0 Å². The van der Waals surface area contributed by atoms with E-state index < -0.39 is 0 Å². The first-order chi connectivity index (χ1) is 7.88. The molecule has 1 saturated carbocycles. The van der Waals surface area contributed by atoms with Gasteiger partial charge in [-0.15, -0.1) is 0 Å². The van der Waals surface area contributed by atoms with Crippen LogP contribution in [0.1, 0.15) is 25.5 Å². The van der Waals surface area contributed by atoms with Crippen molar-refractivity contribution in [2.75, 3.05) is 19.6 Å². The molecule has 0 unspecified atom stereocenters. The van der Waals surface area contributed by atoms with Crippen LogP contribution in [-0.2, 0) is 6.54 Å². The van der Waals surface area contributed by atoms with E-state index >= 15 is 0 Å². The van der Waals surface area contributed by atoms with Crippen molar-refractivity contribution in [2.24, 2.45) is 0 Å². The minimum Gasteiger partial charge on any atom is -0.313 e. The van der Waals surface area contributed by atoms with E-state index in [4.69, 9.17) is 0 Å². The average Bonchev–Trinajstić information content (AvgIpc) is 3.13. The lowest BCUT2D eigenvalue weighted by Gasteiger charge is -2.20. The highest BCUT2D eigenvalue weighted by Gasteiger charge is 2.19. The third-order valence-corrected chi connectivity index (χ3v) is 3.00. The van der Waals surface area contributed by atoms with E-state index in [1.54, 1.807) is 0 Å². The van der Waals surface area contributed by atoms with Crippen LogP contribution in [-0.4, -0.2) is 35.6 Å². The van der Waals surface area contributed by atoms with Crippen LogP contribution in [0.4, 0.5) is 0 Å². The van der Waals surface area contributed by atoms with E-state index in [0.717, 1.165) is 37.9 Å². The number of pyridine rings is 1. The molecule has 1 fully saturated rings. The van der Waals surface area contributed by atoms with Gasteiger partial charge in [0.1, 0.15) is 0 Å². The van der Waals surface area contributed by atoms with Gasteiger partial charge in [0.2, 0.25) is 0 Å². The first kappa shape index (κ1) is 11.6. The molecule has 16 heavy (non-hydrogen) atoms. The molecular formula is C13H21N3. The Hall–Kier alpha value is -0.930. The highest BCUT2D eigenvalue weighted by atomic mass is 15.1. The summed E-state index contributed by atoms with van der Waals surface area (Å²) in [4.78, 5) is 6.79. The molecule has 88 valence electrons. The second-order valence-corrected chi connectivity index (χ2v) is 4.42. The van der Waals surface area contributed by atoms with Gasteiger partial charge in [0.25, 0.3) is 0 Å². The van der Waals surface area contributed by atoms with Gasteiger partial charge in [-0.05, 0) is 31.5 Å². The third-order valence-electron chi connectivity index (χ3n) is 3.00. The summed E-state index contributed by atoms with van der Waals surface area (Å²) in [5.74, 6) is 0. The largest absolute Gasteiger partial charge is 0.313 e. The molecule has 3 heteroatoms. The van der Waals surface area contributed by atoms with Gasteiger partial charge in [0, 0.05) is 31.9 Å². The zero-order valence-corrected chi connectivity index (χ0v) is 10.0. The molecule has 0 atom stereocenters. The first-order valence-corrected chi connectivity index (χ1v) is 6.24. The highest BCUT2D eigenvalue weighted by molar-refractivity contribution is 5.03. The average molecular weight is 219 g/mol. The molecule has 1 aliphatic carbocycles. The molecule has 0 aliphatic heterocycles. The Balaban J connectivity index is 1.71. The highest BCUT2D eigenvalue weighted by Crippen LogP contribution is 2.18. The van der Waals surface area contributed by atoms with Crippen molar-refractivity contribution in [3.8, 4) is 0 Å². The summed E-state index contributed by atoms with van der Waals surface area (Å²) in [7, 11) is 0. The van der Waals surface area contributed by atoms with Crippen molar-refractivity contribution in [1.82, 2.24) is 15.2 Å². The minimum atomic E-state index is 0.813. The van der Waals surface area contributed by atoms with Gasteiger partial charge in [0.15, 0.2) is 0 Å². The second kappa shape index (κ2) is 5.97. The quantitative estimate of drug-likeness (QED) is 0.756. The van der Waals surface area contributed by atoms with E-state index in [1.165, 1.54) is 12.8 Å². The standard InChI is InChI=1S/C13H21N3/c1-2-16(10-9-15-12-6-7-12)11-13-5-3-4-8-14-13/h3-5,8,12,15H,2,6-7,9-11H2,1H3. The van der Waals surface area contributed by atoms with Gasteiger partial charge in [-0.1, -0.05) is 13.0 Å². The molecule has 2 rings (SSSR count). The van der Waals surface area contributed by atoms with Crippen LogP contribution < -0.4 is 5.32 Å². The van der Waals surface area contributed by atoms with E-state index in [-0.39, 0.29) is 0 Å². The normalized spacial score (nSPS) is 15.6. The first-order valence-electron chi connectivity index (χ1n) is 6.24. The van der Waals surface area contributed by atoms with E-state index in [1.807, 2.05) is 12.3 Å². The molecule has 0 amide bonds. The topological polar surface area (TPSA) is 28.2 Å². The Kier molecular flexibility index (Phi) is 4.31. The van der Waals surface area contributed by atoms with Gasteiger partial charge in [-0.3, -0.25) is 9.88 Å². The summed E-state index contributed by atoms with van der Waals surface area (Å²) in [6.45, 7) is 6.47. The zero-order valence-electron chi connectivity index (χ0n) is 10.0. The lowest BCUT2D eigenvalue weighted by molar-refractivity contribution is 0.275. The summed E-state index contributed by atoms with van der Waals surface area (Å²) >= 11 is 0. The molecule has 1 N–H and O–H groups in total. The van der Waals surface area contributed by atoms with Crippen LogP contribution in [0.25, 0.3) is 0 Å². The molecule has 0 spiro atoms. The van der Waals surface area contributed by atoms with Crippen molar-refractivity contribution in [1.29, 1.82) is 0 Å². The van der Waals surface area contributed by atoms with Crippen molar-refractivity contribution in [2.45, 2.75) is 32.4 Å². The van der Waals surface area contributed by atoms with Crippen LogP contribution in [0, 0.1) is 0 Å². The summed E-state index contributed by atoms with van der Waals surface area (Å²) in [5.41, 5.74) is 1.16. The number of aromatic nitrogens is 1. The smallest absolute Gasteiger partial charge is 0.0543 e. The molecule has 1 heterocycles. The van der Waals surface area contributed by atoms with Crippen LogP contribution >= 0.6 is 0 Å². The zero-order chi connectivity index (χ0) is 11.2. The fourth-order valence-electron chi connectivity index (χ4n) is 1.78. The predicted octanol–water partition coefficient (Wildman–Crippen LogP) is 1.66. The number of nitrogens with zero attached hydrogens (tertiary/aromatic N) is 2. The van der Waals surface area contributed by atoms with Gasteiger partial charge >= 0.3 is 0 Å². The Morgan fingerprint density at radius 2 is 2.31 bits per heavy atom. The summed E-state index contributed by atoms with van der Waals surface area (Å²) in [6.07, 6.45) is 4.60. The van der Waals surface area contributed by atoms with Gasteiger partial charge in [-0.2, -0.15) is 0 Å². The van der Waals surface area contributed by atoms with Crippen molar-refractivity contribution < 1.29 is 0 Å². The predicted molar refractivity (Wildman–Crippen MR) is 66.2 cm³/mol. The summed E-state index contributed by atoms with van der Waals surface area (Å²) in [5, 5.41) is 3.55. The molecule has 1 aromatic rings. The van der Waals surface area contributed by atoms with Crippen LogP contribution in [0.5, 0.6) is 0 Å². The fourth-order valence-corrected chi connectivity index (χ4v) is 1.78. The van der Waals surface area contributed by atoms with Crippen molar-refractivity contribution >= 4 is 0 Å². The minimum absolute atomic E-state index is 0.813. The number of rotatable bonds is 7. The van der Waals surface area contributed by atoms with Crippen molar-refractivity contribution in [3.63, 3.8) is 0 Å². The summed E-state index contributed by atoms with van der Waals surface area (Å²) in [6, 6.07) is 6.93. The number of likely N-dealkylation sites (N-methyl/N-ethyl adjacent to an activating group) is 1. The molecule has 1 aromatic heterocycles. The van der Waals surface area contributed by atoms with E-state index in [9.17, 15) is 0 Å². The summed E-state index contributed by atoms with van der Waals surface area (Å²) < 4.78 is 0. The lowest BCUT2D eigenvalue weighted by atomic mass is 10.3. The monoisotopic (exact) mass is 219 g/mol. The third kappa shape index (κ3) is 3.91. The van der Waals surface area contributed by atoms with Crippen molar-refractivity contribution in [3.05, 3.63) is 30.1 Å². The fraction of sp³-hybridized carbons (Fsp3) is 0.615. The molecule has 0 aromatic carbocycles. The van der Waals surface area contributed by atoms with E-state index in [0.29, 0.717) is 0 Å². The Labute approximate surface area is 97.9 Å². The number of hydrogen-bond donors (Lipinski definition) is 1. The molecular weight excluding hydrogens is 198 g/mol. The van der Waals surface area contributed by atoms with Gasteiger partial charge < -0.3 is 5.32 Å². The maximum atomic E-state index is 4.36. The number of hydrogen-bond acceptors (Lipinski definition) is 3. The van der Waals surface area contributed by atoms with Crippen LogP contribution in [0.15, 0.2) is 24.4 Å². The maximum absolute atomic E-state index is 4.36. The Bertz CT molecular complexity index is 295. The van der Waals surface area contributed by atoms with Crippen LogP contribution in [0.3, 0.4) is 0 Å². The van der Waals surface area contributed by atoms with Gasteiger partial charge in [0.05, 0.1) is 5.69 Å². The molecule has 3 nitrogen and oxygen atoms in total. The lowest BCUT2D eigenvalue weighted by Crippen LogP contribution is -2.32. The SMILES string of the molecule is CCN(CCNC1CC1)Cc1ccccn1. The molecule has 0 bridgehead atoms. The van der Waals surface area contributed by atoms with E-state index in [2.05, 4.69) is 34.3 Å². The Morgan fingerprint density at radius 1 is 1.44 bits per heavy atom. The molecule has 0 saturated heterocycles.